The highest BCUT2D eigenvalue weighted by atomic mass is 16.7. The molecule has 0 saturated carbocycles. The summed E-state index contributed by atoms with van der Waals surface area (Å²) in [5.74, 6) is 2.07. The number of ether oxygens (including phenoxy) is 6. The normalized spacial score (nSPS) is 18.6. The van der Waals surface area contributed by atoms with Gasteiger partial charge in [0.15, 0.2) is 23.0 Å². The molecule has 29 heavy (non-hydrogen) atoms. The summed E-state index contributed by atoms with van der Waals surface area (Å²) in [5.41, 5.74) is 3.82. The second-order valence-electron chi connectivity index (χ2n) is 6.78. The van der Waals surface area contributed by atoms with Gasteiger partial charge in [-0.15, -0.1) is 0 Å². The van der Waals surface area contributed by atoms with Crippen molar-refractivity contribution in [2.24, 2.45) is 0 Å². The molecule has 3 aliphatic heterocycles. The van der Waals surface area contributed by atoms with Crippen LogP contribution in [0.3, 0.4) is 0 Å². The minimum Gasteiger partial charge on any atom is -0.493 e. The summed E-state index contributed by atoms with van der Waals surface area (Å²) in [5, 5.41) is 3.31. The first kappa shape index (κ1) is 17.5. The Bertz CT molecular complexity index is 1030. The van der Waals surface area contributed by atoms with Crippen LogP contribution >= 0.6 is 0 Å². The third-order valence-electron chi connectivity index (χ3n) is 5.34. The predicted octanol–water partition coefficient (Wildman–Crippen LogP) is 2.81. The van der Waals surface area contributed by atoms with Crippen molar-refractivity contribution in [1.82, 2.24) is 0 Å². The Balaban J connectivity index is 1.74. The van der Waals surface area contributed by atoms with Gasteiger partial charge in [0.1, 0.15) is 6.61 Å². The van der Waals surface area contributed by atoms with Crippen LogP contribution in [0.4, 0.5) is 5.69 Å². The van der Waals surface area contributed by atoms with E-state index in [4.69, 9.17) is 28.4 Å². The lowest BCUT2D eigenvalue weighted by Gasteiger charge is -2.28. The molecule has 3 heterocycles. The fraction of sp³-hybridized carbons (Fsp3) is 0.286. The maximum atomic E-state index is 12.6. The maximum Gasteiger partial charge on any atom is 0.337 e. The number of fused-ring (bicyclic) bond motifs is 2. The van der Waals surface area contributed by atoms with Gasteiger partial charge in [-0.3, -0.25) is 0 Å². The number of hydrogen-bond donors (Lipinski definition) is 1. The van der Waals surface area contributed by atoms with Crippen LogP contribution in [-0.2, 0) is 9.53 Å². The molecular weight excluding hydrogens is 378 g/mol. The minimum atomic E-state index is -0.389. The van der Waals surface area contributed by atoms with Gasteiger partial charge in [-0.1, -0.05) is 0 Å². The van der Waals surface area contributed by atoms with E-state index >= 15 is 0 Å². The highest BCUT2D eigenvalue weighted by molar-refractivity contribution is 5.97. The summed E-state index contributed by atoms with van der Waals surface area (Å²) in [6.45, 7) is 0.366. The van der Waals surface area contributed by atoms with Crippen molar-refractivity contribution in [2.45, 2.75) is 5.92 Å². The van der Waals surface area contributed by atoms with Crippen LogP contribution in [0.15, 0.2) is 35.5 Å². The standard InChI is InChI=1S/C21H19NO7/c1-24-16-4-10(5-17(25-2)20(16)26-3)18-11-6-14-15(29-9-28-14)7-12(11)22-13-8-27-21(23)19(13)18/h4-7,18,22H,8-9H2,1-3H3. The Morgan fingerprint density at radius 2 is 1.62 bits per heavy atom. The number of hydrogen-bond acceptors (Lipinski definition) is 8. The van der Waals surface area contributed by atoms with Gasteiger partial charge in [0.05, 0.1) is 32.6 Å². The van der Waals surface area contributed by atoms with Crippen LogP contribution in [0.25, 0.3) is 0 Å². The number of esters is 1. The minimum absolute atomic E-state index is 0.169. The lowest BCUT2D eigenvalue weighted by Crippen LogP contribution is -2.20. The highest BCUT2D eigenvalue weighted by Gasteiger charge is 2.40. The van der Waals surface area contributed by atoms with E-state index in [0.29, 0.717) is 34.3 Å². The number of benzene rings is 2. The van der Waals surface area contributed by atoms with E-state index < -0.39 is 0 Å². The number of cyclic esters (lactones) is 1. The molecule has 0 aromatic heterocycles. The van der Waals surface area contributed by atoms with Crippen LogP contribution in [0.1, 0.15) is 17.0 Å². The van der Waals surface area contributed by atoms with Crippen molar-refractivity contribution in [3.63, 3.8) is 0 Å². The quantitative estimate of drug-likeness (QED) is 0.789. The summed E-state index contributed by atoms with van der Waals surface area (Å²) < 4.78 is 32.8. The number of methoxy groups -OCH3 is 3. The van der Waals surface area contributed by atoms with Crippen molar-refractivity contribution >= 4 is 11.7 Å². The molecule has 2 aromatic carbocycles. The number of rotatable bonds is 4. The van der Waals surface area contributed by atoms with E-state index in [9.17, 15) is 4.79 Å². The van der Waals surface area contributed by atoms with Crippen molar-refractivity contribution in [1.29, 1.82) is 0 Å². The first-order valence-electron chi connectivity index (χ1n) is 9.05. The van der Waals surface area contributed by atoms with Crippen LogP contribution < -0.4 is 29.0 Å². The van der Waals surface area contributed by atoms with Gasteiger partial charge in [0.25, 0.3) is 0 Å². The summed E-state index contributed by atoms with van der Waals surface area (Å²) in [7, 11) is 4.67. The Hall–Kier alpha value is -3.55. The summed E-state index contributed by atoms with van der Waals surface area (Å²) >= 11 is 0. The van der Waals surface area contributed by atoms with Gasteiger partial charge >= 0.3 is 5.97 Å². The third-order valence-corrected chi connectivity index (χ3v) is 5.34. The summed E-state index contributed by atoms with van der Waals surface area (Å²) in [4.78, 5) is 12.6. The van der Waals surface area contributed by atoms with Gasteiger partial charge in [-0.25, -0.2) is 4.79 Å². The first-order valence-corrected chi connectivity index (χ1v) is 9.05. The highest BCUT2D eigenvalue weighted by Crippen LogP contribution is 2.51. The molecule has 1 N–H and O–H groups in total. The molecule has 0 fully saturated rings. The van der Waals surface area contributed by atoms with Crippen molar-refractivity contribution in [3.8, 4) is 28.7 Å². The Morgan fingerprint density at radius 1 is 0.931 bits per heavy atom. The van der Waals surface area contributed by atoms with Crippen LogP contribution in [-0.4, -0.2) is 40.7 Å². The molecule has 0 saturated heterocycles. The van der Waals surface area contributed by atoms with Crippen molar-refractivity contribution < 1.29 is 33.2 Å². The number of carbonyl (C=O) groups excluding carboxylic acids is 1. The molecule has 2 aromatic rings. The zero-order chi connectivity index (χ0) is 20.1. The molecule has 8 heteroatoms. The van der Waals surface area contributed by atoms with E-state index in [1.807, 2.05) is 24.3 Å². The first-order chi connectivity index (χ1) is 14.1. The molecule has 0 radical (unpaired) electrons. The number of nitrogens with one attached hydrogen (secondary N) is 1. The van der Waals surface area contributed by atoms with Crippen molar-refractivity contribution in [3.05, 3.63) is 46.7 Å². The number of carbonyl (C=O) groups is 1. The average Bonchev–Trinajstić information content (AvgIpc) is 3.35. The largest absolute Gasteiger partial charge is 0.493 e. The molecule has 5 rings (SSSR count). The second-order valence-corrected chi connectivity index (χ2v) is 6.78. The fourth-order valence-electron chi connectivity index (χ4n) is 4.05. The van der Waals surface area contributed by atoms with Crippen LogP contribution in [0, 0.1) is 0 Å². The number of anilines is 1. The van der Waals surface area contributed by atoms with Crippen LogP contribution in [0.5, 0.6) is 28.7 Å². The van der Waals surface area contributed by atoms with E-state index in [1.165, 1.54) is 0 Å². The second kappa shape index (κ2) is 6.51. The third kappa shape index (κ3) is 2.55. The zero-order valence-electron chi connectivity index (χ0n) is 16.2. The van der Waals surface area contributed by atoms with Gasteiger partial charge in [0, 0.05) is 17.7 Å². The van der Waals surface area contributed by atoms with E-state index in [1.54, 1.807) is 21.3 Å². The molecule has 3 aliphatic rings. The predicted molar refractivity (Wildman–Crippen MR) is 102 cm³/mol. The zero-order valence-corrected chi connectivity index (χ0v) is 16.2. The molecule has 1 atom stereocenters. The Labute approximate surface area is 166 Å². The van der Waals surface area contributed by atoms with Gasteiger partial charge in [0.2, 0.25) is 12.5 Å². The average molecular weight is 397 g/mol. The topological polar surface area (TPSA) is 84.5 Å². The molecule has 8 nitrogen and oxygen atoms in total. The summed E-state index contributed by atoms with van der Waals surface area (Å²) in [6.07, 6.45) is 0. The lowest BCUT2D eigenvalue weighted by atomic mass is 9.80. The molecular formula is C21H19NO7. The molecule has 0 aliphatic carbocycles. The summed E-state index contributed by atoms with van der Waals surface area (Å²) in [6, 6.07) is 7.48. The lowest BCUT2D eigenvalue weighted by molar-refractivity contribution is -0.136. The SMILES string of the molecule is COc1cc(C2C3=C(COC3=O)Nc3cc4c(cc32)OCO4)cc(OC)c1OC. The smallest absolute Gasteiger partial charge is 0.337 e. The van der Waals surface area contributed by atoms with Gasteiger partial charge < -0.3 is 33.7 Å². The maximum absolute atomic E-state index is 12.6. The molecule has 0 spiro atoms. The van der Waals surface area contributed by atoms with E-state index in [2.05, 4.69) is 5.32 Å². The van der Waals surface area contributed by atoms with Gasteiger partial charge in [-0.2, -0.15) is 0 Å². The Morgan fingerprint density at radius 3 is 2.28 bits per heavy atom. The molecule has 0 amide bonds. The fourth-order valence-corrected chi connectivity index (χ4v) is 4.05. The van der Waals surface area contributed by atoms with E-state index in [0.717, 1.165) is 22.5 Å². The molecule has 0 bridgehead atoms. The van der Waals surface area contributed by atoms with Crippen LogP contribution in [0.2, 0.25) is 0 Å². The molecule has 1 unspecified atom stereocenters. The van der Waals surface area contributed by atoms with E-state index in [-0.39, 0.29) is 25.3 Å². The monoisotopic (exact) mass is 397 g/mol. The Kier molecular flexibility index (Phi) is 3.94. The van der Waals surface area contributed by atoms with Crippen molar-refractivity contribution in [2.75, 3.05) is 40.0 Å². The molecule has 150 valence electrons. The van der Waals surface area contributed by atoms with Gasteiger partial charge in [-0.05, 0) is 29.3 Å².